The van der Waals surface area contributed by atoms with Crippen LogP contribution in [0.4, 0.5) is 4.39 Å². The Kier molecular flexibility index (Phi) is 6.16. The Bertz CT molecular complexity index is 1020. The van der Waals surface area contributed by atoms with E-state index in [1.54, 1.807) is 0 Å². The quantitative estimate of drug-likeness (QED) is 0.683. The van der Waals surface area contributed by atoms with Gasteiger partial charge in [0.25, 0.3) is 11.5 Å². The standard InChI is InChI=1S/C21H20FN3O3/c1-2-28-18-8-6-15(7-9-18)19-13-20(26)25(14-24-19)11-10-23-21(27)16-4-3-5-17(22)12-16/h3-9,12-14H,2,10-11H2,1H3,(H,23,27). The van der Waals surface area contributed by atoms with Gasteiger partial charge >= 0.3 is 0 Å². The number of amides is 1. The van der Waals surface area contributed by atoms with Crippen molar-refractivity contribution in [1.29, 1.82) is 0 Å². The molecule has 0 aliphatic carbocycles. The second kappa shape index (κ2) is 8.94. The number of carbonyl (C=O) groups is 1. The highest BCUT2D eigenvalue weighted by Gasteiger charge is 2.07. The molecule has 0 saturated heterocycles. The van der Waals surface area contributed by atoms with Gasteiger partial charge in [0.1, 0.15) is 11.6 Å². The lowest BCUT2D eigenvalue weighted by atomic mass is 10.1. The Morgan fingerprint density at radius 2 is 1.96 bits per heavy atom. The first kappa shape index (κ1) is 19.3. The summed E-state index contributed by atoms with van der Waals surface area (Å²) in [6.07, 6.45) is 1.45. The highest BCUT2D eigenvalue weighted by Crippen LogP contribution is 2.19. The van der Waals surface area contributed by atoms with Crippen molar-refractivity contribution in [2.45, 2.75) is 13.5 Å². The fourth-order valence-corrected chi connectivity index (χ4v) is 2.66. The molecule has 3 aromatic rings. The van der Waals surface area contributed by atoms with Gasteiger partial charge in [0, 0.05) is 30.3 Å². The van der Waals surface area contributed by atoms with Crippen LogP contribution < -0.4 is 15.6 Å². The Balaban J connectivity index is 1.61. The van der Waals surface area contributed by atoms with Crippen LogP contribution in [0.15, 0.2) is 65.7 Å². The fourth-order valence-electron chi connectivity index (χ4n) is 2.66. The Hall–Kier alpha value is -3.48. The third kappa shape index (κ3) is 4.82. The molecule has 1 amide bonds. The van der Waals surface area contributed by atoms with Crippen LogP contribution in [0.5, 0.6) is 5.75 Å². The van der Waals surface area contributed by atoms with E-state index in [1.807, 2.05) is 31.2 Å². The molecule has 28 heavy (non-hydrogen) atoms. The molecule has 0 radical (unpaired) electrons. The molecule has 144 valence electrons. The molecule has 1 N–H and O–H groups in total. The Morgan fingerprint density at radius 3 is 2.64 bits per heavy atom. The molecule has 0 saturated carbocycles. The van der Waals surface area contributed by atoms with Crippen LogP contribution in [0.2, 0.25) is 0 Å². The summed E-state index contributed by atoms with van der Waals surface area (Å²) in [6, 6.07) is 14.2. The van der Waals surface area contributed by atoms with Gasteiger partial charge in [-0.2, -0.15) is 0 Å². The summed E-state index contributed by atoms with van der Waals surface area (Å²) < 4.78 is 20.0. The number of nitrogens with one attached hydrogen (secondary N) is 1. The highest BCUT2D eigenvalue weighted by molar-refractivity contribution is 5.94. The van der Waals surface area contributed by atoms with Gasteiger partial charge in [0.15, 0.2) is 0 Å². The Morgan fingerprint density at radius 1 is 1.18 bits per heavy atom. The predicted octanol–water partition coefficient (Wildman–Crippen LogP) is 2.88. The lowest BCUT2D eigenvalue weighted by molar-refractivity contribution is 0.0951. The minimum Gasteiger partial charge on any atom is -0.494 e. The molecule has 1 aromatic heterocycles. The zero-order chi connectivity index (χ0) is 19.9. The molecule has 0 aliphatic rings. The van der Waals surface area contributed by atoms with Crippen molar-refractivity contribution in [3.05, 3.63) is 82.7 Å². The molecule has 7 heteroatoms. The zero-order valence-electron chi connectivity index (χ0n) is 15.4. The van der Waals surface area contributed by atoms with E-state index in [1.165, 1.54) is 35.2 Å². The van der Waals surface area contributed by atoms with Crippen molar-refractivity contribution < 1.29 is 13.9 Å². The number of hydrogen-bond acceptors (Lipinski definition) is 4. The molecule has 0 aliphatic heterocycles. The van der Waals surface area contributed by atoms with Crippen molar-refractivity contribution in [3.63, 3.8) is 0 Å². The number of carbonyl (C=O) groups excluding carboxylic acids is 1. The fraction of sp³-hybridized carbons (Fsp3) is 0.190. The van der Waals surface area contributed by atoms with E-state index in [9.17, 15) is 14.0 Å². The average Bonchev–Trinajstić information content (AvgIpc) is 2.70. The molecule has 3 rings (SSSR count). The number of aromatic nitrogens is 2. The third-order valence-electron chi connectivity index (χ3n) is 4.07. The second-order valence-corrected chi connectivity index (χ2v) is 6.03. The summed E-state index contributed by atoms with van der Waals surface area (Å²) >= 11 is 0. The predicted molar refractivity (Wildman–Crippen MR) is 104 cm³/mol. The largest absolute Gasteiger partial charge is 0.494 e. The van der Waals surface area contributed by atoms with E-state index >= 15 is 0 Å². The second-order valence-electron chi connectivity index (χ2n) is 6.03. The van der Waals surface area contributed by atoms with Gasteiger partial charge in [-0.1, -0.05) is 6.07 Å². The molecular formula is C21H20FN3O3. The first-order valence-corrected chi connectivity index (χ1v) is 8.90. The molecule has 0 bridgehead atoms. The summed E-state index contributed by atoms with van der Waals surface area (Å²) in [6.45, 7) is 2.98. The molecule has 0 fully saturated rings. The minimum absolute atomic E-state index is 0.222. The van der Waals surface area contributed by atoms with Gasteiger partial charge in [0.2, 0.25) is 0 Å². The van der Waals surface area contributed by atoms with E-state index in [-0.39, 0.29) is 24.2 Å². The van der Waals surface area contributed by atoms with Crippen LogP contribution >= 0.6 is 0 Å². The van der Waals surface area contributed by atoms with Gasteiger partial charge in [-0.15, -0.1) is 0 Å². The summed E-state index contributed by atoms with van der Waals surface area (Å²) in [5.74, 6) is -0.113. The van der Waals surface area contributed by atoms with E-state index in [0.717, 1.165) is 17.4 Å². The van der Waals surface area contributed by atoms with E-state index in [0.29, 0.717) is 12.3 Å². The molecule has 1 heterocycles. The zero-order valence-corrected chi connectivity index (χ0v) is 15.4. The van der Waals surface area contributed by atoms with Gasteiger partial charge in [-0.25, -0.2) is 9.37 Å². The summed E-state index contributed by atoms with van der Waals surface area (Å²) in [5, 5.41) is 2.66. The highest BCUT2D eigenvalue weighted by atomic mass is 19.1. The first-order chi connectivity index (χ1) is 13.6. The lowest BCUT2D eigenvalue weighted by Gasteiger charge is -2.09. The number of rotatable bonds is 7. The van der Waals surface area contributed by atoms with Crippen molar-refractivity contribution in [2.75, 3.05) is 13.2 Å². The van der Waals surface area contributed by atoms with Crippen molar-refractivity contribution in [1.82, 2.24) is 14.9 Å². The maximum absolute atomic E-state index is 13.2. The molecule has 0 spiro atoms. The molecule has 0 atom stereocenters. The first-order valence-electron chi connectivity index (χ1n) is 8.90. The van der Waals surface area contributed by atoms with Crippen LogP contribution in [0.25, 0.3) is 11.3 Å². The number of benzene rings is 2. The summed E-state index contributed by atoms with van der Waals surface area (Å²) in [4.78, 5) is 28.6. The molecule has 0 unspecified atom stereocenters. The van der Waals surface area contributed by atoms with Crippen LogP contribution in [0.3, 0.4) is 0 Å². The Labute approximate surface area is 161 Å². The molecule has 6 nitrogen and oxygen atoms in total. The van der Waals surface area contributed by atoms with Crippen molar-refractivity contribution >= 4 is 5.91 Å². The maximum atomic E-state index is 13.2. The molecule has 2 aromatic carbocycles. The van der Waals surface area contributed by atoms with Crippen LogP contribution in [-0.4, -0.2) is 28.6 Å². The lowest BCUT2D eigenvalue weighted by Crippen LogP contribution is -2.30. The summed E-state index contributed by atoms with van der Waals surface area (Å²) in [7, 11) is 0. The smallest absolute Gasteiger partial charge is 0.253 e. The number of hydrogen-bond donors (Lipinski definition) is 1. The van der Waals surface area contributed by atoms with E-state index in [4.69, 9.17) is 4.74 Å². The number of halogens is 1. The normalized spacial score (nSPS) is 10.5. The van der Waals surface area contributed by atoms with Crippen LogP contribution in [0, 0.1) is 5.82 Å². The number of nitrogens with zero attached hydrogens (tertiary/aromatic N) is 2. The van der Waals surface area contributed by atoms with Crippen molar-refractivity contribution in [2.24, 2.45) is 0 Å². The van der Waals surface area contributed by atoms with Crippen LogP contribution in [0.1, 0.15) is 17.3 Å². The van der Waals surface area contributed by atoms with Gasteiger partial charge < -0.3 is 10.1 Å². The SMILES string of the molecule is CCOc1ccc(-c2cc(=O)n(CCNC(=O)c3cccc(F)c3)cn2)cc1. The van der Waals surface area contributed by atoms with Crippen LogP contribution in [-0.2, 0) is 6.54 Å². The monoisotopic (exact) mass is 381 g/mol. The minimum atomic E-state index is -0.474. The average molecular weight is 381 g/mol. The summed E-state index contributed by atoms with van der Waals surface area (Å²) in [5.41, 5.74) is 1.38. The van der Waals surface area contributed by atoms with Crippen molar-refractivity contribution in [3.8, 4) is 17.0 Å². The van der Waals surface area contributed by atoms with Gasteiger partial charge in [-0.05, 0) is 49.4 Å². The topological polar surface area (TPSA) is 73.2 Å². The number of ether oxygens (including phenoxy) is 1. The van der Waals surface area contributed by atoms with E-state index < -0.39 is 11.7 Å². The maximum Gasteiger partial charge on any atom is 0.253 e. The van der Waals surface area contributed by atoms with Gasteiger partial charge in [0.05, 0.1) is 18.6 Å². The molecular weight excluding hydrogens is 361 g/mol. The third-order valence-corrected chi connectivity index (χ3v) is 4.07. The van der Waals surface area contributed by atoms with Gasteiger partial charge in [-0.3, -0.25) is 14.2 Å². The van der Waals surface area contributed by atoms with E-state index in [2.05, 4.69) is 10.3 Å².